The molecule has 0 atom stereocenters. The predicted octanol–water partition coefficient (Wildman–Crippen LogP) is 3.94. The molecule has 0 aliphatic rings. The van der Waals surface area contributed by atoms with Crippen molar-refractivity contribution in [3.63, 3.8) is 0 Å². The van der Waals surface area contributed by atoms with Gasteiger partial charge in [-0.05, 0) is 18.1 Å². The van der Waals surface area contributed by atoms with Crippen LogP contribution in [-0.4, -0.2) is 0 Å². The molecule has 0 aliphatic carbocycles. The lowest BCUT2D eigenvalue weighted by molar-refractivity contribution is 0.668. The summed E-state index contributed by atoms with van der Waals surface area (Å²) in [6.07, 6.45) is 8.63. The second-order valence-corrected chi connectivity index (χ2v) is 2.51. The van der Waals surface area contributed by atoms with Crippen LogP contribution in [-0.2, 0) is 0 Å². The normalized spacial score (nSPS) is 12.0. The Balaban J connectivity index is 4.31. The summed E-state index contributed by atoms with van der Waals surface area (Å²) in [5, 5.41) is 0. The number of rotatable bonds is 5. The Morgan fingerprint density at radius 3 is 2.58 bits per heavy atom. The van der Waals surface area contributed by atoms with Crippen molar-refractivity contribution in [3.8, 4) is 0 Å². The van der Waals surface area contributed by atoms with Crippen molar-refractivity contribution in [2.75, 3.05) is 0 Å². The van der Waals surface area contributed by atoms with Gasteiger partial charge in [0.25, 0.3) is 0 Å². The van der Waals surface area contributed by atoms with E-state index in [1.54, 1.807) is 12.2 Å². The fraction of sp³-hybridized carbons (Fsp3) is 0.273. The molecule has 0 rings (SSSR count). The van der Waals surface area contributed by atoms with Crippen molar-refractivity contribution < 1.29 is 4.39 Å². The molecule has 0 amide bonds. The molecule has 0 nitrogen and oxygen atoms in total. The standard InChI is InChI=1S/C11H15F/c1-4-6-8-11(7-5-2)9-10(3)12/h4,6,8-9H,1,3,5,7H2,2H3/b8-6-,11-9-. The third kappa shape index (κ3) is 5.66. The highest BCUT2D eigenvalue weighted by atomic mass is 19.1. The minimum atomic E-state index is -0.396. The zero-order chi connectivity index (χ0) is 9.40. The molecule has 12 heavy (non-hydrogen) atoms. The fourth-order valence-electron chi connectivity index (χ4n) is 0.885. The first-order valence-electron chi connectivity index (χ1n) is 4.04. The molecule has 0 aromatic carbocycles. The third-order valence-electron chi connectivity index (χ3n) is 1.33. The number of halogens is 1. The van der Waals surface area contributed by atoms with Crippen LogP contribution in [0.5, 0.6) is 0 Å². The molecule has 1 heteroatoms. The fourth-order valence-corrected chi connectivity index (χ4v) is 0.885. The van der Waals surface area contributed by atoms with Crippen LogP contribution >= 0.6 is 0 Å². The average Bonchev–Trinajstić information content (AvgIpc) is 2.00. The van der Waals surface area contributed by atoms with Crippen LogP contribution in [0.25, 0.3) is 0 Å². The molecule has 0 unspecified atom stereocenters. The second kappa shape index (κ2) is 6.59. The summed E-state index contributed by atoms with van der Waals surface area (Å²) in [7, 11) is 0. The number of hydrogen-bond acceptors (Lipinski definition) is 0. The van der Waals surface area contributed by atoms with E-state index in [4.69, 9.17) is 0 Å². The maximum absolute atomic E-state index is 12.4. The van der Waals surface area contributed by atoms with Gasteiger partial charge in [0, 0.05) is 0 Å². The molecule has 0 radical (unpaired) electrons. The number of allylic oxidation sites excluding steroid dienone is 6. The Morgan fingerprint density at radius 2 is 2.17 bits per heavy atom. The van der Waals surface area contributed by atoms with Gasteiger partial charge in [0.2, 0.25) is 0 Å². The van der Waals surface area contributed by atoms with E-state index in [-0.39, 0.29) is 0 Å². The molecule has 0 N–H and O–H groups in total. The van der Waals surface area contributed by atoms with Crippen molar-refractivity contribution in [1.29, 1.82) is 0 Å². The van der Waals surface area contributed by atoms with Crippen LogP contribution < -0.4 is 0 Å². The first kappa shape index (κ1) is 10.9. The number of hydrogen-bond donors (Lipinski definition) is 0. The lowest BCUT2D eigenvalue weighted by atomic mass is 10.1. The summed E-state index contributed by atoms with van der Waals surface area (Å²) in [5.41, 5.74) is 0.949. The molecular formula is C11H15F. The highest BCUT2D eigenvalue weighted by molar-refractivity contribution is 5.27. The average molecular weight is 166 g/mol. The zero-order valence-electron chi connectivity index (χ0n) is 7.52. The molecule has 0 aromatic rings. The van der Waals surface area contributed by atoms with Gasteiger partial charge in [-0.2, -0.15) is 0 Å². The quantitative estimate of drug-likeness (QED) is 0.543. The van der Waals surface area contributed by atoms with Gasteiger partial charge in [-0.1, -0.05) is 44.7 Å². The second-order valence-electron chi connectivity index (χ2n) is 2.51. The smallest absolute Gasteiger partial charge is 0.116 e. The molecule has 0 heterocycles. The Hall–Kier alpha value is -1.11. The maximum atomic E-state index is 12.4. The molecule has 0 aliphatic heterocycles. The molecule has 66 valence electrons. The van der Waals surface area contributed by atoms with Gasteiger partial charge in [-0.25, -0.2) is 4.39 Å². The molecule has 0 aromatic heterocycles. The van der Waals surface area contributed by atoms with E-state index >= 15 is 0 Å². The van der Waals surface area contributed by atoms with Gasteiger partial charge in [0.05, 0.1) is 0 Å². The zero-order valence-corrected chi connectivity index (χ0v) is 7.52. The topological polar surface area (TPSA) is 0 Å². The lowest BCUT2D eigenvalue weighted by Crippen LogP contribution is -1.77. The van der Waals surface area contributed by atoms with E-state index in [9.17, 15) is 4.39 Å². The Bertz CT molecular complexity index is 209. The summed E-state index contributed by atoms with van der Waals surface area (Å²) in [6, 6.07) is 0. The molecule has 0 saturated heterocycles. The van der Waals surface area contributed by atoms with E-state index in [1.807, 2.05) is 6.08 Å². The van der Waals surface area contributed by atoms with Crippen LogP contribution in [0.4, 0.5) is 4.39 Å². The van der Waals surface area contributed by atoms with Crippen molar-refractivity contribution >= 4 is 0 Å². The largest absolute Gasteiger partial charge is 0.208 e. The first-order chi connectivity index (χ1) is 5.70. The molecule has 0 fully saturated rings. The third-order valence-corrected chi connectivity index (χ3v) is 1.33. The van der Waals surface area contributed by atoms with Gasteiger partial charge in [0.15, 0.2) is 0 Å². The minimum absolute atomic E-state index is 0.396. The molecule has 0 bridgehead atoms. The molecule has 0 spiro atoms. The SMILES string of the molecule is C=C/C=C\C(=C/C(=C)F)CCC. The maximum Gasteiger partial charge on any atom is 0.116 e. The van der Waals surface area contributed by atoms with Crippen LogP contribution in [0.15, 0.2) is 48.9 Å². The van der Waals surface area contributed by atoms with Crippen molar-refractivity contribution in [3.05, 3.63) is 48.9 Å². The van der Waals surface area contributed by atoms with E-state index in [1.165, 1.54) is 6.08 Å². The van der Waals surface area contributed by atoms with Gasteiger partial charge >= 0.3 is 0 Å². The summed E-state index contributed by atoms with van der Waals surface area (Å²) in [5.74, 6) is -0.396. The van der Waals surface area contributed by atoms with Crippen molar-refractivity contribution in [1.82, 2.24) is 0 Å². The Morgan fingerprint density at radius 1 is 1.50 bits per heavy atom. The first-order valence-corrected chi connectivity index (χ1v) is 4.04. The molecular weight excluding hydrogens is 151 g/mol. The van der Waals surface area contributed by atoms with Gasteiger partial charge < -0.3 is 0 Å². The highest BCUT2D eigenvalue weighted by Crippen LogP contribution is 2.10. The summed E-state index contributed by atoms with van der Waals surface area (Å²) in [4.78, 5) is 0. The Labute approximate surface area is 73.8 Å². The van der Waals surface area contributed by atoms with Crippen LogP contribution in [0.1, 0.15) is 19.8 Å². The molecule has 0 saturated carbocycles. The van der Waals surface area contributed by atoms with Crippen LogP contribution in [0.2, 0.25) is 0 Å². The highest BCUT2D eigenvalue weighted by Gasteiger charge is 1.91. The van der Waals surface area contributed by atoms with Crippen molar-refractivity contribution in [2.24, 2.45) is 0 Å². The predicted molar refractivity (Wildman–Crippen MR) is 52.6 cm³/mol. The van der Waals surface area contributed by atoms with Crippen LogP contribution in [0.3, 0.4) is 0 Å². The minimum Gasteiger partial charge on any atom is -0.208 e. The van der Waals surface area contributed by atoms with E-state index < -0.39 is 5.83 Å². The summed E-state index contributed by atoms with van der Waals surface area (Å²) in [6.45, 7) is 8.78. The van der Waals surface area contributed by atoms with Gasteiger partial charge in [-0.3, -0.25) is 0 Å². The monoisotopic (exact) mass is 166 g/mol. The van der Waals surface area contributed by atoms with E-state index in [0.29, 0.717) is 0 Å². The van der Waals surface area contributed by atoms with Gasteiger partial charge in [0.1, 0.15) is 5.83 Å². The lowest BCUT2D eigenvalue weighted by Gasteiger charge is -1.96. The van der Waals surface area contributed by atoms with E-state index in [2.05, 4.69) is 20.1 Å². The van der Waals surface area contributed by atoms with Crippen LogP contribution in [0, 0.1) is 0 Å². The van der Waals surface area contributed by atoms with Crippen molar-refractivity contribution in [2.45, 2.75) is 19.8 Å². The van der Waals surface area contributed by atoms with Gasteiger partial charge in [-0.15, -0.1) is 0 Å². The summed E-state index contributed by atoms with van der Waals surface area (Å²) >= 11 is 0. The summed E-state index contributed by atoms with van der Waals surface area (Å²) < 4.78 is 12.4. The Kier molecular flexibility index (Phi) is 5.98. The van der Waals surface area contributed by atoms with E-state index in [0.717, 1.165) is 18.4 Å².